The second kappa shape index (κ2) is 35.4. The SMILES string of the molecule is CC(=O)OC[C@H]1[C@@H]2CC(=O)O[C@@H]2C[C@@H]1OC(C)=O.CC[C@H]1[C@@H]2CC(=O)O[C@@H]2C[C@@H]1C.CC[C@H]1[C@@H]2CC(O)O[C@@H]2C[C@@H]1C.CC[C@H]1[C@H](CI)[C@H](OC=O)C[C@@H]1C.O=C1C[C@H]2C=CC[C@H]2O1.O=C1C[C@H]2[C@H](CO)[C@@H](O)C[C@H]2O1.[2H][B].[CH3-].[U].[Y]. The fraction of sp³-hybridized carbons (Fsp3) is 0.828. The van der Waals surface area contributed by atoms with E-state index in [1.165, 1.54) is 33.1 Å². The fourth-order valence-electron chi connectivity index (χ4n) is 15.0. The van der Waals surface area contributed by atoms with E-state index in [0.29, 0.717) is 80.7 Å². The van der Waals surface area contributed by atoms with Gasteiger partial charge in [0.2, 0.25) is 0 Å². The van der Waals surface area contributed by atoms with Crippen molar-refractivity contribution in [2.45, 2.75) is 200 Å². The Kier molecular flexibility index (Phi) is 32.4. The molecule has 0 aromatic heterocycles. The molecule has 80 heavy (non-hydrogen) atoms. The van der Waals surface area contributed by atoms with Crippen molar-refractivity contribution in [3.63, 3.8) is 0 Å². The van der Waals surface area contributed by atoms with Crippen molar-refractivity contribution in [1.82, 2.24) is 0 Å². The van der Waals surface area contributed by atoms with Gasteiger partial charge in [0.05, 0.1) is 44.5 Å². The molecule has 6 aliphatic carbocycles. The maximum atomic E-state index is 11.2. The van der Waals surface area contributed by atoms with Crippen LogP contribution < -0.4 is 0 Å². The number of aliphatic hydroxyl groups excluding tert-OH is 3. The van der Waals surface area contributed by atoms with Crippen LogP contribution in [-0.4, -0.2) is 140 Å². The molecule has 11 aliphatic rings. The van der Waals surface area contributed by atoms with Gasteiger partial charge in [0.25, 0.3) is 6.47 Å². The van der Waals surface area contributed by atoms with Crippen LogP contribution in [0.25, 0.3) is 0 Å². The standard InChI is InChI=1S/C12H16O6.C10H17IO2.C10H18O2.C10H16O2.C8H12O4.C7H8O2.CH3.BH.U.Y/c1-6(13)16-5-9-8-3-12(15)18-10(8)4-11(9)17-7(2)14;1-3-8-7(2)4-10(13-6-12)9(8)5-11;2*1-3-7-6(2)4-9-8(7)5-10(11)12-9;9-3-5-4-1-8(11)12-7(4)2-6(5)10;8-7-4-5-2-1-3-6(5)9-7;;;;/h8-11H,3-5H2,1-2H3;6-10H,3-5H2,1-2H3;6-11H,3-5H2,1-2H3;6-9H,3-5H2,1-2H3;4-7,9-10H,1-3H2;1-2,5-6H,3-4H2;1H3;1H;;/q;;;;;;-1;;;/t8-,9-,10+,11-;7-,8+,9-,10+;6-,7+,8-,9+,10?;6-,7+,8-,9+;4-,5-,6-,7+;5-,6-;;;;/m000001..../s1/i;;;;;;;1D;;. The Bertz CT molecular complexity index is 1990. The van der Waals surface area contributed by atoms with E-state index in [0.717, 1.165) is 66.1 Å². The van der Waals surface area contributed by atoms with Crippen molar-refractivity contribution < 1.29 is 151 Å². The van der Waals surface area contributed by atoms with Crippen LogP contribution in [0.15, 0.2) is 12.2 Å². The average Bonchev–Trinajstić information content (AvgIpc) is 4.28. The van der Waals surface area contributed by atoms with Crippen molar-refractivity contribution in [3.05, 3.63) is 19.6 Å². The van der Waals surface area contributed by atoms with Gasteiger partial charge in [0, 0.05) is 164 Å². The summed E-state index contributed by atoms with van der Waals surface area (Å²) in [7, 11) is 3.75. The van der Waals surface area contributed by atoms with Crippen molar-refractivity contribution in [1.29, 1.82) is 1.34 Å². The van der Waals surface area contributed by atoms with E-state index < -0.39 is 12.4 Å². The summed E-state index contributed by atoms with van der Waals surface area (Å²) in [6, 6.07) is 0. The van der Waals surface area contributed by atoms with Crippen LogP contribution in [-0.2, 0) is 104 Å². The summed E-state index contributed by atoms with van der Waals surface area (Å²) in [5.41, 5.74) is 0. The van der Waals surface area contributed by atoms with E-state index in [1.54, 1.807) is 0 Å². The molecular formula is C58H91BIO18UY-. The third-order valence-electron chi connectivity index (χ3n) is 18.7. The first-order valence-electron chi connectivity index (χ1n) is 28.8. The van der Waals surface area contributed by atoms with Gasteiger partial charge in [-0.25, -0.2) is 0 Å². The quantitative estimate of drug-likeness (QED) is 0.0297. The molecule has 449 valence electrons. The molecule has 5 saturated carbocycles. The second-order valence-corrected chi connectivity index (χ2v) is 24.1. The van der Waals surface area contributed by atoms with E-state index in [2.05, 4.69) is 84.7 Å². The van der Waals surface area contributed by atoms with Gasteiger partial charge in [-0.2, -0.15) is 0 Å². The summed E-state index contributed by atoms with van der Waals surface area (Å²) < 4.78 is 47.5. The number of halogens is 1. The van der Waals surface area contributed by atoms with Crippen molar-refractivity contribution in [2.75, 3.05) is 17.6 Å². The summed E-state index contributed by atoms with van der Waals surface area (Å²) in [6.07, 6.45) is 15.1. The molecular weight excluding hydrogens is 1450 g/mol. The number of esters is 6. The van der Waals surface area contributed by atoms with Gasteiger partial charge in [-0.1, -0.05) is 95.5 Å². The minimum absolute atomic E-state index is 0. The van der Waals surface area contributed by atoms with E-state index in [-0.39, 0.29) is 181 Å². The van der Waals surface area contributed by atoms with Crippen LogP contribution in [0.2, 0.25) is 0 Å². The number of rotatable bonds is 10. The summed E-state index contributed by atoms with van der Waals surface area (Å²) in [6.45, 7) is 16.9. The minimum atomic E-state index is -0.502. The third kappa shape index (κ3) is 19.4. The second-order valence-electron chi connectivity index (χ2n) is 23.2. The number of carbonyl (C=O) groups is 7. The van der Waals surface area contributed by atoms with Crippen molar-refractivity contribution in [2.24, 2.45) is 82.9 Å². The van der Waals surface area contributed by atoms with Gasteiger partial charge >= 0.3 is 35.8 Å². The Morgan fingerprint density at radius 3 is 1.66 bits per heavy atom. The Balaban J connectivity index is 0.000000331. The molecule has 0 spiro atoms. The number of carbonyl (C=O) groups excluding carboxylic acids is 7. The number of ether oxygens (including phenoxy) is 8. The number of alkyl halides is 1. The fourth-order valence-corrected chi connectivity index (χ4v) is 16.2. The first-order chi connectivity index (χ1) is 37.2. The van der Waals surface area contributed by atoms with Crippen molar-refractivity contribution in [3.8, 4) is 0 Å². The molecule has 0 aromatic carbocycles. The van der Waals surface area contributed by atoms with Gasteiger partial charge in [-0.05, 0) is 62.0 Å². The smallest absolute Gasteiger partial charge is 0.306 e. The van der Waals surface area contributed by atoms with E-state index in [4.69, 9.17) is 44.3 Å². The maximum absolute atomic E-state index is 11.2. The first kappa shape index (κ1) is 73.1. The number of hydrogen-bond donors (Lipinski definition) is 3. The molecule has 0 bridgehead atoms. The molecule has 0 aromatic rings. The molecule has 5 aliphatic heterocycles. The summed E-state index contributed by atoms with van der Waals surface area (Å²) in [5.74, 6) is 5.12. The molecule has 22 heteroatoms. The van der Waals surface area contributed by atoms with Gasteiger partial charge < -0.3 is 60.6 Å². The topological polar surface area (TPSA) is 254 Å². The van der Waals surface area contributed by atoms with Gasteiger partial charge in [-0.3, -0.25) is 33.6 Å². The Hall–Kier alpha value is -1.18. The van der Waals surface area contributed by atoms with Gasteiger partial charge in [0.15, 0.2) is 6.29 Å². The number of aliphatic hydroxyl groups is 3. The minimum Gasteiger partial charge on any atom is -0.465 e. The summed E-state index contributed by atoms with van der Waals surface area (Å²) >= 11 is 2.40. The van der Waals surface area contributed by atoms with Gasteiger partial charge in [-0.15, -0.1) is 0 Å². The zero-order valence-corrected chi connectivity index (χ0v) is 57.7. The average molecular weight is 1540 g/mol. The predicted molar refractivity (Wildman–Crippen MR) is 296 cm³/mol. The van der Waals surface area contributed by atoms with Crippen LogP contribution in [0, 0.1) is 121 Å². The molecule has 5 saturated heterocycles. The number of hydrogen-bond acceptors (Lipinski definition) is 18. The summed E-state index contributed by atoms with van der Waals surface area (Å²) in [4.78, 5) is 75.9. The Morgan fingerprint density at radius 1 is 0.662 bits per heavy atom. The maximum Gasteiger partial charge on any atom is 0.306 e. The molecule has 23 atom stereocenters. The predicted octanol–water partition coefficient (Wildman–Crippen LogP) is 6.81. The van der Waals surface area contributed by atoms with Crippen LogP contribution in [0.5, 0.6) is 0 Å². The number of fused-ring (bicyclic) bond motifs is 5. The summed E-state index contributed by atoms with van der Waals surface area (Å²) in [5, 5.41) is 27.7. The molecule has 11 rings (SSSR count). The molecule has 18 nitrogen and oxygen atoms in total. The third-order valence-corrected chi connectivity index (χ3v) is 19.7. The molecule has 3 N–H and O–H groups in total. The molecule has 1 unspecified atom stereocenters. The van der Waals surface area contributed by atoms with Crippen LogP contribution >= 0.6 is 22.6 Å². The normalized spacial score (nSPS) is 40.1. The molecule has 10 fully saturated rings. The van der Waals surface area contributed by atoms with Crippen LogP contribution in [0.4, 0.5) is 0 Å². The zero-order valence-electron chi connectivity index (χ0n) is 49.5. The molecule has 5 heterocycles. The van der Waals surface area contributed by atoms with E-state index >= 15 is 0 Å². The van der Waals surface area contributed by atoms with Gasteiger partial charge in [0.1, 0.15) is 36.6 Å². The van der Waals surface area contributed by atoms with Crippen molar-refractivity contribution >= 4 is 73.3 Å². The molecule has 3 radical (unpaired) electrons. The Morgan fingerprint density at radius 2 is 1.15 bits per heavy atom. The molecule has 0 amide bonds. The van der Waals surface area contributed by atoms with E-state index in [1.807, 2.05) is 0 Å². The monoisotopic (exact) mass is 1540 g/mol. The Labute approximate surface area is 540 Å². The zero-order chi connectivity index (χ0) is 57.5. The van der Waals surface area contributed by atoms with E-state index in [9.17, 15) is 43.8 Å². The largest absolute Gasteiger partial charge is 0.465 e. The first-order valence-corrected chi connectivity index (χ1v) is 29.8. The van der Waals surface area contributed by atoms with Crippen LogP contribution in [0.1, 0.15) is 145 Å². The van der Waals surface area contributed by atoms with Crippen LogP contribution in [0.3, 0.4) is 0 Å².